The van der Waals surface area contributed by atoms with Gasteiger partial charge >= 0.3 is 0 Å². The van der Waals surface area contributed by atoms with Crippen molar-refractivity contribution in [1.29, 1.82) is 0 Å². The number of carbonyl (C=O) groups excluding carboxylic acids is 1. The highest BCUT2D eigenvalue weighted by molar-refractivity contribution is 6.42. The average Bonchev–Trinajstić information content (AvgIpc) is 2.93. The number of hydrogen-bond donors (Lipinski definition) is 2. The number of aromatic amines is 1. The minimum absolute atomic E-state index is 0.0340. The van der Waals surface area contributed by atoms with Gasteiger partial charge in [-0.1, -0.05) is 47.5 Å². The van der Waals surface area contributed by atoms with E-state index in [9.17, 15) is 4.79 Å². The molecule has 3 rings (SSSR count). The van der Waals surface area contributed by atoms with Gasteiger partial charge in [0.2, 0.25) is 5.91 Å². The Kier molecular flexibility index (Phi) is 4.60. The van der Waals surface area contributed by atoms with E-state index in [0.717, 1.165) is 22.0 Å². The number of halogens is 2. The lowest BCUT2D eigenvalue weighted by Gasteiger charge is -2.15. The summed E-state index contributed by atoms with van der Waals surface area (Å²) in [5.74, 6) is -0.0340. The summed E-state index contributed by atoms with van der Waals surface area (Å²) in [6.45, 7) is 1.92. The van der Waals surface area contributed by atoms with Crippen molar-refractivity contribution in [2.45, 2.75) is 19.4 Å². The first-order chi connectivity index (χ1) is 11.0. The summed E-state index contributed by atoms with van der Waals surface area (Å²) in [6.07, 6.45) is 2.21. The van der Waals surface area contributed by atoms with E-state index >= 15 is 0 Å². The molecule has 1 heterocycles. The number of aromatic nitrogens is 1. The topological polar surface area (TPSA) is 44.9 Å². The Bertz CT molecular complexity index is 857. The van der Waals surface area contributed by atoms with Crippen LogP contribution in [0.15, 0.2) is 48.7 Å². The molecular formula is C18H16Cl2N2O. The Balaban J connectivity index is 1.70. The van der Waals surface area contributed by atoms with Gasteiger partial charge in [0.05, 0.1) is 22.5 Å². The van der Waals surface area contributed by atoms with Crippen molar-refractivity contribution in [2.75, 3.05) is 0 Å². The van der Waals surface area contributed by atoms with Crippen molar-refractivity contribution >= 4 is 40.0 Å². The van der Waals surface area contributed by atoms with E-state index in [1.807, 2.05) is 43.5 Å². The standard InChI is InChI=1S/C18H16Cl2N2O/c1-11(12-6-7-15(19)16(20)8-12)22-18(23)9-13-10-21-17-5-3-2-4-14(13)17/h2-8,10-11,21H,9H2,1H3,(H,22,23). The maximum atomic E-state index is 12.3. The van der Waals surface area contributed by atoms with Crippen molar-refractivity contribution in [2.24, 2.45) is 0 Å². The van der Waals surface area contributed by atoms with Crippen molar-refractivity contribution < 1.29 is 4.79 Å². The van der Waals surface area contributed by atoms with Crippen LogP contribution in [0.2, 0.25) is 10.0 Å². The van der Waals surface area contributed by atoms with Crippen LogP contribution in [0.1, 0.15) is 24.1 Å². The number of amides is 1. The van der Waals surface area contributed by atoms with Crippen molar-refractivity contribution in [3.8, 4) is 0 Å². The lowest BCUT2D eigenvalue weighted by Crippen LogP contribution is -2.28. The minimum atomic E-state index is -0.137. The highest BCUT2D eigenvalue weighted by Crippen LogP contribution is 2.25. The number of nitrogens with one attached hydrogen (secondary N) is 2. The van der Waals surface area contributed by atoms with Gasteiger partial charge in [0.1, 0.15) is 0 Å². The van der Waals surface area contributed by atoms with Crippen LogP contribution in [0.4, 0.5) is 0 Å². The summed E-state index contributed by atoms with van der Waals surface area (Å²) in [5.41, 5.74) is 2.94. The quantitative estimate of drug-likeness (QED) is 0.693. The van der Waals surface area contributed by atoms with Gasteiger partial charge in [0.15, 0.2) is 0 Å². The smallest absolute Gasteiger partial charge is 0.224 e. The van der Waals surface area contributed by atoms with Crippen LogP contribution < -0.4 is 5.32 Å². The van der Waals surface area contributed by atoms with Crippen LogP contribution in [0.25, 0.3) is 10.9 Å². The molecule has 23 heavy (non-hydrogen) atoms. The van der Waals surface area contributed by atoms with E-state index < -0.39 is 0 Å². The van der Waals surface area contributed by atoms with Gasteiger partial charge in [-0.2, -0.15) is 0 Å². The highest BCUT2D eigenvalue weighted by atomic mass is 35.5. The third-order valence-electron chi connectivity index (χ3n) is 3.85. The Hall–Kier alpha value is -1.97. The normalized spacial score (nSPS) is 12.3. The van der Waals surface area contributed by atoms with Crippen molar-refractivity contribution in [1.82, 2.24) is 10.3 Å². The second kappa shape index (κ2) is 6.65. The fraction of sp³-hybridized carbons (Fsp3) is 0.167. The first-order valence-corrected chi connectivity index (χ1v) is 8.09. The van der Waals surface area contributed by atoms with Crippen LogP contribution in [0.3, 0.4) is 0 Å². The molecule has 3 nitrogen and oxygen atoms in total. The summed E-state index contributed by atoms with van der Waals surface area (Å²) >= 11 is 11.9. The summed E-state index contributed by atoms with van der Waals surface area (Å²) < 4.78 is 0. The molecular weight excluding hydrogens is 331 g/mol. The molecule has 1 amide bonds. The van der Waals surface area contributed by atoms with E-state index in [-0.39, 0.29) is 11.9 Å². The molecule has 2 aromatic carbocycles. The largest absolute Gasteiger partial charge is 0.361 e. The number of para-hydroxylation sites is 1. The molecule has 0 fully saturated rings. The molecule has 0 aliphatic heterocycles. The maximum absolute atomic E-state index is 12.3. The van der Waals surface area contributed by atoms with Gasteiger partial charge < -0.3 is 10.3 Å². The van der Waals surface area contributed by atoms with Gasteiger partial charge in [-0.25, -0.2) is 0 Å². The molecule has 3 aromatic rings. The number of carbonyl (C=O) groups is 1. The van der Waals surface area contributed by atoms with E-state index in [0.29, 0.717) is 16.5 Å². The number of benzene rings is 2. The zero-order valence-electron chi connectivity index (χ0n) is 12.6. The predicted molar refractivity (Wildman–Crippen MR) is 95.0 cm³/mol. The van der Waals surface area contributed by atoms with Crippen LogP contribution in [-0.2, 0) is 11.2 Å². The molecule has 0 aliphatic carbocycles. The van der Waals surface area contributed by atoms with Gasteiger partial charge in [-0.05, 0) is 36.2 Å². The second-order valence-corrected chi connectivity index (χ2v) is 6.31. The molecule has 0 bridgehead atoms. The van der Waals surface area contributed by atoms with E-state index in [1.165, 1.54) is 0 Å². The highest BCUT2D eigenvalue weighted by Gasteiger charge is 2.13. The zero-order chi connectivity index (χ0) is 16.4. The SMILES string of the molecule is CC(NC(=O)Cc1c[nH]c2ccccc12)c1ccc(Cl)c(Cl)c1. The first-order valence-electron chi connectivity index (χ1n) is 7.34. The molecule has 1 atom stereocenters. The fourth-order valence-electron chi connectivity index (χ4n) is 2.61. The average molecular weight is 347 g/mol. The lowest BCUT2D eigenvalue weighted by atomic mass is 10.1. The Morgan fingerprint density at radius 1 is 1.17 bits per heavy atom. The lowest BCUT2D eigenvalue weighted by molar-refractivity contribution is -0.121. The molecule has 118 valence electrons. The van der Waals surface area contributed by atoms with Gasteiger partial charge in [-0.3, -0.25) is 4.79 Å². The van der Waals surface area contributed by atoms with Crippen molar-refractivity contribution in [3.05, 3.63) is 69.8 Å². The monoisotopic (exact) mass is 346 g/mol. The van der Waals surface area contributed by atoms with Gasteiger partial charge in [-0.15, -0.1) is 0 Å². The third-order valence-corrected chi connectivity index (χ3v) is 4.59. The molecule has 0 aliphatic rings. The summed E-state index contributed by atoms with van der Waals surface area (Å²) in [5, 5.41) is 5.06. The Morgan fingerprint density at radius 3 is 2.74 bits per heavy atom. The molecule has 1 unspecified atom stereocenters. The third kappa shape index (κ3) is 3.52. The number of hydrogen-bond acceptors (Lipinski definition) is 1. The van der Waals surface area contributed by atoms with Crippen LogP contribution >= 0.6 is 23.2 Å². The van der Waals surface area contributed by atoms with Crippen LogP contribution in [0, 0.1) is 0 Å². The molecule has 0 saturated heterocycles. The molecule has 2 N–H and O–H groups in total. The summed E-state index contributed by atoms with van der Waals surface area (Å²) in [7, 11) is 0. The Labute approximate surface area is 144 Å². The van der Waals surface area contributed by atoms with Gasteiger partial charge in [0.25, 0.3) is 0 Å². The van der Waals surface area contributed by atoms with E-state index in [2.05, 4.69) is 10.3 Å². The zero-order valence-corrected chi connectivity index (χ0v) is 14.1. The number of H-pyrrole nitrogens is 1. The van der Waals surface area contributed by atoms with E-state index in [1.54, 1.807) is 12.1 Å². The van der Waals surface area contributed by atoms with Gasteiger partial charge in [0, 0.05) is 17.1 Å². The number of rotatable bonds is 4. The van der Waals surface area contributed by atoms with Crippen LogP contribution in [0.5, 0.6) is 0 Å². The first kappa shape index (κ1) is 15.9. The van der Waals surface area contributed by atoms with E-state index in [4.69, 9.17) is 23.2 Å². The molecule has 0 spiro atoms. The summed E-state index contributed by atoms with van der Waals surface area (Å²) in [6, 6.07) is 13.2. The Morgan fingerprint density at radius 2 is 1.96 bits per heavy atom. The van der Waals surface area contributed by atoms with Crippen LogP contribution in [-0.4, -0.2) is 10.9 Å². The molecule has 5 heteroatoms. The van der Waals surface area contributed by atoms with Crippen molar-refractivity contribution in [3.63, 3.8) is 0 Å². The minimum Gasteiger partial charge on any atom is -0.361 e. The summed E-state index contributed by atoms with van der Waals surface area (Å²) in [4.78, 5) is 15.5. The second-order valence-electron chi connectivity index (χ2n) is 5.50. The molecule has 0 radical (unpaired) electrons. The molecule has 1 aromatic heterocycles. The maximum Gasteiger partial charge on any atom is 0.224 e. The fourth-order valence-corrected chi connectivity index (χ4v) is 2.91. The predicted octanol–water partition coefficient (Wildman–Crippen LogP) is 4.89. The number of fused-ring (bicyclic) bond motifs is 1. The molecule has 0 saturated carbocycles.